The summed E-state index contributed by atoms with van der Waals surface area (Å²) in [6.45, 7) is 3.94. The molecule has 1 aliphatic rings. The minimum Gasteiger partial charge on any atom is -0.378 e. The first kappa shape index (κ1) is 18.3. The molecule has 1 amide bonds. The molecule has 28 heavy (non-hydrogen) atoms. The highest BCUT2D eigenvalue weighted by Gasteiger charge is 2.15. The first-order chi connectivity index (χ1) is 13.7. The number of rotatable bonds is 5. The average molecular weight is 376 g/mol. The molecule has 0 atom stereocenters. The fourth-order valence-corrected chi connectivity index (χ4v) is 3.35. The second-order valence-electron chi connectivity index (χ2n) is 6.94. The number of hydrogen-bond acceptors (Lipinski definition) is 4. The number of nitrogens with zero attached hydrogens (tertiary/aromatic N) is 4. The Kier molecular flexibility index (Phi) is 5.39. The van der Waals surface area contributed by atoms with Crippen LogP contribution in [0.3, 0.4) is 0 Å². The minimum absolute atomic E-state index is 0.0422. The fraction of sp³-hybridized carbons (Fsp3) is 0.273. The molecular formula is C22H24N4O2. The number of para-hydroxylation sites is 1. The Labute approximate surface area is 164 Å². The highest BCUT2D eigenvalue weighted by molar-refractivity contribution is 5.93. The van der Waals surface area contributed by atoms with Crippen molar-refractivity contribution in [1.82, 2.24) is 14.7 Å². The van der Waals surface area contributed by atoms with E-state index in [1.54, 1.807) is 22.0 Å². The molecule has 6 heteroatoms. The summed E-state index contributed by atoms with van der Waals surface area (Å²) in [4.78, 5) is 16.8. The molecule has 2 aromatic carbocycles. The quantitative estimate of drug-likeness (QED) is 0.687. The number of hydrogen-bond donors (Lipinski definition) is 0. The largest absolute Gasteiger partial charge is 0.378 e. The maximum absolute atomic E-state index is 12.8. The number of carbonyl (C=O) groups is 1. The van der Waals surface area contributed by atoms with E-state index in [1.165, 1.54) is 5.69 Å². The first-order valence-corrected chi connectivity index (χ1v) is 9.48. The van der Waals surface area contributed by atoms with Gasteiger partial charge in [0.25, 0.3) is 5.91 Å². The number of ether oxygens (including phenoxy) is 1. The van der Waals surface area contributed by atoms with Crippen LogP contribution in [0.25, 0.3) is 5.69 Å². The Balaban J connectivity index is 1.40. The van der Waals surface area contributed by atoms with Gasteiger partial charge in [0.05, 0.1) is 30.7 Å². The van der Waals surface area contributed by atoms with E-state index in [2.05, 4.69) is 34.3 Å². The van der Waals surface area contributed by atoms with Crippen molar-refractivity contribution in [3.8, 4) is 5.69 Å². The molecule has 0 bridgehead atoms. The van der Waals surface area contributed by atoms with Crippen molar-refractivity contribution >= 4 is 11.6 Å². The van der Waals surface area contributed by atoms with E-state index in [4.69, 9.17) is 4.74 Å². The lowest BCUT2D eigenvalue weighted by Gasteiger charge is -2.29. The van der Waals surface area contributed by atoms with Crippen LogP contribution in [0, 0.1) is 0 Å². The lowest BCUT2D eigenvalue weighted by molar-refractivity contribution is 0.0785. The molecule has 1 saturated heterocycles. The number of anilines is 1. The topological polar surface area (TPSA) is 50.6 Å². The summed E-state index contributed by atoms with van der Waals surface area (Å²) < 4.78 is 7.12. The summed E-state index contributed by atoms with van der Waals surface area (Å²) in [6.07, 6.45) is 3.39. The van der Waals surface area contributed by atoms with Crippen molar-refractivity contribution in [3.05, 3.63) is 78.1 Å². The van der Waals surface area contributed by atoms with E-state index in [9.17, 15) is 4.79 Å². The lowest BCUT2D eigenvalue weighted by Crippen LogP contribution is -2.36. The number of carbonyl (C=O) groups excluding carboxylic acids is 1. The van der Waals surface area contributed by atoms with Crippen molar-refractivity contribution in [2.75, 3.05) is 38.3 Å². The molecular weight excluding hydrogens is 352 g/mol. The normalized spacial score (nSPS) is 14.1. The predicted octanol–water partition coefficient (Wildman–Crippen LogP) is 2.98. The number of benzene rings is 2. The molecule has 0 saturated carbocycles. The van der Waals surface area contributed by atoms with Gasteiger partial charge in [-0.2, -0.15) is 5.10 Å². The van der Waals surface area contributed by atoms with Gasteiger partial charge in [0.2, 0.25) is 0 Å². The van der Waals surface area contributed by atoms with Gasteiger partial charge in [-0.15, -0.1) is 0 Å². The standard InChI is InChI=1S/C22H24N4O2/c1-24(16-18-7-9-20(10-8-18)25-11-13-28-14-12-25)22(27)19-15-23-26(17-19)21-5-3-2-4-6-21/h2-10,15,17H,11-14,16H2,1H3. The predicted molar refractivity (Wildman–Crippen MR) is 109 cm³/mol. The molecule has 6 nitrogen and oxygen atoms in total. The summed E-state index contributed by atoms with van der Waals surface area (Å²) in [5, 5.41) is 4.31. The van der Waals surface area contributed by atoms with Gasteiger partial charge >= 0.3 is 0 Å². The summed E-state index contributed by atoms with van der Waals surface area (Å²) >= 11 is 0. The van der Waals surface area contributed by atoms with E-state index in [0.29, 0.717) is 12.1 Å². The van der Waals surface area contributed by atoms with Gasteiger partial charge in [0, 0.05) is 38.6 Å². The maximum atomic E-state index is 12.8. The molecule has 1 aromatic heterocycles. The van der Waals surface area contributed by atoms with Gasteiger partial charge in [-0.05, 0) is 29.8 Å². The molecule has 4 rings (SSSR count). The van der Waals surface area contributed by atoms with Crippen LogP contribution < -0.4 is 4.90 Å². The van der Waals surface area contributed by atoms with Crippen LogP contribution in [0.5, 0.6) is 0 Å². The summed E-state index contributed by atoms with van der Waals surface area (Å²) in [5.74, 6) is -0.0422. The maximum Gasteiger partial charge on any atom is 0.257 e. The fourth-order valence-electron chi connectivity index (χ4n) is 3.35. The second kappa shape index (κ2) is 8.27. The van der Waals surface area contributed by atoms with Crippen molar-refractivity contribution in [3.63, 3.8) is 0 Å². The number of morpholine rings is 1. The Hall–Kier alpha value is -3.12. The van der Waals surface area contributed by atoms with Crippen molar-refractivity contribution in [1.29, 1.82) is 0 Å². The molecule has 1 aliphatic heterocycles. The molecule has 0 N–H and O–H groups in total. The third kappa shape index (κ3) is 4.07. The molecule has 2 heterocycles. The molecule has 0 spiro atoms. The zero-order valence-electron chi connectivity index (χ0n) is 16.0. The van der Waals surface area contributed by atoms with Crippen molar-refractivity contribution in [2.24, 2.45) is 0 Å². The first-order valence-electron chi connectivity index (χ1n) is 9.48. The summed E-state index contributed by atoms with van der Waals surface area (Å²) in [6, 6.07) is 18.2. The summed E-state index contributed by atoms with van der Waals surface area (Å²) in [5.41, 5.74) is 3.81. The van der Waals surface area contributed by atoms with E-state index in [-0.39, 0.29) is 5.91 Å². The van der Waals surface area contributed by atoms with Gasteiger partial charge < -0.3 is 14.5 Å². The second-order valence-corrected chi connectivity index (χ2v) is 6.94. The van der Waals surface area contributed by atoms with Crippen LogP contribution in [0.2, 0.25) is 0 Å². The smallest absolute Gasteiger partial charge is 0.257 e. The Morgan fingerprint density at radius 2 is 1.75 bits per heavy atom. The third-order valence-corrected chi connectivity index (χ3v) is 4.93. The van der Waals surface area contributed by atoms with Crippen LogP contribution in [0.1, 0.15) is 15.9 Å². The Bertz CT molecular complexity index is 915. The Morgan fingerprint density at radius 3 is 2.46 bits per heavy atom. The lowest BCUT2D eigenvalue weighted by atomic mass is 10.1. The summed E-state index contributed by atoms with van der Waals surface area (Å²) in [7, 11) is 1.82. The van der Waals surface area contributed by atoms with Crippen molar-refractivity contribution < 1.29 is 9.53 Å². The van der Waals surface area contributed by atoms with Gasteiger partial charge in [-0.1, -0.05) is 30.3 Å². The highest BCUT2D eigenvalue weighted by Crippen LogP contribution is 2.18. The highest BCUT2D eigenvalue weighted by atomic mass is 16.5. The third-order valence-electron chi connectivity index (χ3n) is 4.93. The van der Waals surface area contributed by atoms with E-state index >= 15 is 0 Å². The Morgan fingerprint density at radius 1 is 1.04 bits per heavy atom. The van der Waals surface area contributed by atoms with Crippen LogP contribution in [0.15, 0.2) is 67.0 Å². The van der Waals surface area contributed by atoms with Crippen LogP contribution >= 0.6 is 0 Å². The average Bonchev–Trinajstić information content (AvgIpc) is 3.25. The monoisotopic (exact) mass is 376 g/mol. The van der Waals surface area contributed by atoms with E-state index < -0.39 is 0 Å². The van der Waals surface area contributed by atoms with Crippen LogP contribution in [-0.4, -0.2) is 53.9 Å². The van der Waals surface area contributed by atoms with Gasteiger partial charge in [-0.3, -0.25) is 4.79 Å². The van der Waals surface area contributed by atoms with E-state index in [1.807, 2.05) is 37.4 Å². The van der Waals surface area contributed by atoms with Gasteiger partial charge in [0.15, 0.2) is 0 Å². The molecule has 0 unspecified atom stereocenters. The molecule has 0 aliphatic carbocycles. The minimum atomic E-state index is -0.0422. The number of amides is 1. The van der Waals surface area contributed by atoms with Gasteiger partial charge in [-0.25, -0.2) is 4.68 Å². The molecule has 144 valence electrons. The zero-order valence-corrected chi connectivity index (χ0v) is 16.0. The molecule has 1 fully saturated rings. The number of aromatic nitrogens is 2. The van der Waals surface area contributed by atoms with Crippen LogP contribution in [0.4, 0.5) is 5.69 Å². The zero-order chi connectivity index (χ0) is 19.3. The van der Waals surface area contributed by atoms with E-state index in [0.717, 1.165) is 37.6 Å². The van der Waals surface area contributed by atoms with Gasteiger partial charge in [0.1, 0.15) is 0 Å². The van der Waals surface area contributed by atoms with Crippen molar-refractivity contribution in [2.45, 2.75) is 6.54 Å². The molecule has 3 aromatic rings. The SMILES string of the molecule is CN(Cc1ccc(N2CCOCC2)cc1)C(=O)c1cnn(-c2ccccc2)c1. The van der Waals surface area contributed by atoms with Crippen LogP contribution in [-0.2, 0) is 11.3 Å². The molecule has 0 radical (unpaired) electrons.